The van der Waals surface area contributed by atoms with Crippen molar-refractivity contribution in [3.8, 4) is 5.75 Å². The summed E-state index contributed by atoms with van der Waals surface area (Å²) in [5.41, 5.74) is 8.24. The zero-order valence-corrected chi connectivity index (χ0v) is 10.9. The lowest BCUT2D eigenvalue weighted by molar-refractivity contribution is 0.268. The third-order valence-corrected chi connectivity index (χ3v) is 4.02. The van der Waals surface area contributed by atoms with Crippen LogP contribution >= 0.6 is 0 Å². The first kappa shape index (κ1) is 13.3. The topological polar surface area (TPSA) is 79.4 Å². The summed E-state index contributed by atoms with van der Waals surface area (Å²) < 4.78 is 0. The Morgan fingerprint density at radius 3 is 2.67 bits per heavy atom. The van der Waals surface area contributed by atoms with Crippen LogP contribution in [0.25, 0.3) is 0 Å². The van der Waals surface area contributed by atoms with Crippen LogP contribution in [-0.2, 0) is 6.61 Å². The molecule has 1 heterocycles. The van der Waals surface area contributed by atoms with E-state index in [2.05, 4.69) is 4.98 Å². The Hall–Kier alpha value is -1.13. The number of hydrogen-bond donors (Lipinski definition) is 3. The lowest BCUT2D eigenvalue weighted by Crippen LogP contribution is -2.25. The molecule has 0 unspecified atom stereocenters. The molecule has 1 aliphatic carbocycles. The molecule has 100 valence electrons. The lowest BCUT2D eigenvalue weighted by atomic mass is 9.80. The summed E-state index contributed by atoms with van der Waals surface area (Å²) in [6.07, 6.45) is 7.51. The molecule has 0 spiro atoms. The first-order valence-electron chi connectivity index (χ1n) is 6.69. The van der Waals surface area contributed by atoms with E-state index < -0.39 is 0 Å². The molecule has 0 aliphatic heterocycles. The van der Waals surface area contributed by atoms with Crippen LogP contribution in [0.15, 0.2) is 6.20 Å². The van der Waals surface area contributed by atoms with Crippen LogP contribution < -0.4 is 5.73 Å². The standard InChI is InChI=1S/C14H22N2O2/c1-9-14(18)12(11(8-17)7-16-9)13(15)10-5-3-2-4-6-10/h7,10,13,17-18H,2-6,8,15H2,1H3/t13-/m1/s1. The molecule has 1 saturated carbocycles. The van der Waals surface area contributed by atoms with E-state index >= 15 is 0 Å². The van der Waals surface area contributed by atoms with Crippen molar-refractivity contribution in [2.75, 3.05) is 0 Å². The minimum absolute atomic E-state index is 0.128. The Kier molecular flexibility index (Phi) is 4.19. The maximum atomic E-state index is 10.2. The van der Waals surface area contributed by atoms with Gasteiger partial charge in [-0.3, -0.25) is 4.98 Å². The van der Waals surface area contributed by atoms with Gasteiger partial charge in [0.1, 0.15) is 5.75 Å². The minimum Gasteiger partial charge on any atom is -0.506 e. The number of aryl methyl sites for hydroxylation is 1. The highest BCUT2D eigenvalue weighted by Gasteiger charge is 2.26. The molecule has 4 N–H and O–H groups in total. The predicted molar refractivity (Wildman–Crippen MR) is 70.1 cm³/mol. The van der Waals surface area contributed by atoms with Crippen molar-refractivity contribution in [1.82, 2.24) is 4.98 Å². The molecule has 1 aromatic heterocycles. The van der Waals surface area contributed by atoms with Gasteiger partial charge in [-0.05, 0) is 25.7 Å². The molecule has 1 aliphatic rings. The Balaban J connectivity index is 2.32. The average Bonchev–Trinajstić information content (AvgIpc) is 2.42. The van der Waals surface area contributed by atoms with Gasteiger partial charge in [-0.2, -0.15) is 0 Å². The zero-order chi connectivity index (χ0) is 13.1. The summed E-state index contributed by atoms with van der Waals surface area (Å²) in [6, 6.07) is -0.200. The van der Waals surface area contributed by atoms with Crippen LogP contribution in [0, 0.1) is 12.8 Å². The number of hydrogen-bond acceptors (Lipinski definition) is 4. The van der Waals surface area contributed by atoms with Crippen molar-refractivity contribution < 1.29 is 10.2 Å². The normalized spacial score (nSPS) is 18.8. The number of rotatable bonds is 3. The van der Waals surface area contributed by atoms with Crippen molar-refractivity contribution >= 4 is 0 Å². The molecule has 2 rings (SSSR count). The van der Waals surface area contributed by atoms with Crippen molar-refractivity contribution in [2.24, 2.45) is 11.7 Å². The molecule has 18 heavy (non-hydrogen) atoms. The highest BCUT2D eigenvalue weighted by Crippen LogP contribution is 2.38. The number of nitrogens with zero attached hydrogens (tertiary/aromatic N) is 1. The van der Waals surface area contributed by atoms with Gasteiger partial charge in [0.2, 0.25) is 0 Å². The summed E-state index contributed by atoms with van der Waals surface area (Å²) in [5, 5.41) is 19.5. The molecule has 1 atom stereocenters. The van der Waals surface area contributed by atoms with Crippen molar-refractivity contribution in [3.05, 3.63) is 23.0 Å². The third-order valence-electron chi connectivity index (χ3n) is 4.02. The van der Waals surface area contributed by atoms with Gasteiger partial charge in [0.05, 0.1) is 12.3 Å². The highest BCUT2D eigenvalue weighted by molar-refractivity contribution is 5.43. The maximum absolute atomic E-state index is 10.2. The lowest BCUT2D eigenvalue weighted by Gasteiger charge is -2.29. The Morgan fingerprint density at radius 1 is 1.39 bits per heavy atom. The number of aliphatic hydroxyl groups excluding tert-OH is 1. The second-order valence-electron chi connectivity index (χ2n) is 5.21. The predicted octanol–water partition coefficient (Wildman–Crippen LogP) is 2.17. The van der Waals surface area contributed by atoms with Gasteiger partial charge in [-0.15, -0.1) is 0 Å². The van der Waals surface area contributed by atoms with E-state index in [0.717, 1.165) is 12.8 Å². The van der Waals surface area contributed by atoms with Gasteiger partial charge in [0, 0.05) is 23.4 Å². The second kappa shape index (κ2) is 5.67. The fraction of sp³-hybridized carbons (Fsp3) is 0.643. The number of aromatic hydroxyl groups is 1. The first-order chi connectivity index (χ1) is 8.65. The average molecular weight is 250 g/mol. The van der Waals surface area contributed by atoms with Crippen LogP contribution in [0.4, 0.5) is 0 Å². The number of nitrogens with two attached hydrogens (primary N) is 1. The molecular weight excluding hydrogens is 228 g/mol. The van der Waals surface area contributed by atoms with Crippen LogP contribution in [0.5, 0.6) is 5.75 Å². The molecular formula is C14H22N2O2. The van der Waals surface area contributed by atoms with Crippen molar-refractivity contribution in [1.29, 1.82) is 0 Å². The van der Waals surface area contributed by atoms with Gasteiger partial charge in [-0.25, -0.2) is 0 Å². The van der Waals surface area contributed by atoms with Crippen molar-refractivity contribution in [3.63, 3.8) is 0 Å². The van der Waals surface area contributed by atoms with E-state index in [4.69, 9.17) is 5.73 Å². The minimum atomic E-state index is -0.200. The largest absolute Gasteiger partial charge is 0.506 e. The van der Waals surface area contributed by atoms with Gasteiger partial charge in [0.25, 0.3) is 0 Å². The van der Waals surface area contributed by atoms with Crippen LogP contribution in [0.1, 0.15) is 55.0 Å². The van der Waals surface area contributed by atoms with Crippen LogP contribution in [0.3, 0.4) is 0 Å². The van der Waals surface area contributed by atoms with E-state index in [1.165, 1.54) is 19.3 Å². The summed E-state index contributed by atoms with van der Waals surface area (Å²) in [5.74, 6) is 0.552. The molecule has 1 aromatic rings. The molecule has 0 aromatic carbocycles. The Morgan fingerprint density at radius 2 is 2.06 bits per heavy atom. The Bertz CT molecular complexity index is 415. The SMILES string of the molecule is Cc1ncc(CO)c([C@H](N)C2CCCCC2)c1O. The Labute approximate surface area is 108 Å². The maximum Gasteiger partial charge on any atom is 0.141 e. The fourth-order valence-corrected chi connectivity index (χ4v) is 2.88. The van der Waals surface area contributed by atoms with Gasteiger partial charge in [0.15, 0.2) is 0 Å². The van der Waals surface area contributed by atoms with E-state index in [-0.39, 0.29) is 18.4 Å². The number of pyridine rings is 1. The first-order valence-corrected chi connectivity index (χ1v) is 6.69. The molecule has 0 bridgehead atoms. The smallest absolute Gasteiger partial charge is 0.141 e. The zero-order valence-electron chi connectivity index (χ0n) is 10.9. The molecule has 4 nitrogen and oxygen atoms in total. The van der Waals surface area contributed by atoms with Gasteiger partial charge < -0.3 is 15.9 Å². The molecule has 0 radical (unpaired) electrons. The second-order valence-corrected chi connectivity index (χ2v) is 5.21. The third kappa shape index (κ3) is 2.49. The number of aliphatic hydroxyl groups is 1. The van der Waals surface area contributed by atoms with E-state index in [9.17, 15) is 10.2 Å². The molecule has 0 saturated heterocycles. The monoisotopic (exact) mass is 250 g/mol. The van der Waals surface area contributed by atoms with Crippen molar-refractivity contribution in [2.45, 2.75) is 51.7 Å². The molecule has 0 amide bonds. The quantitative estimate of drug-likeness (QED) is 0.768. The van der Waals surface area contributed by atoms with E-state index in [1.807, 2.05) is 0 Å². The molecule has 1 fully saturated rings. The molecule has 4 heteroatoms. The number of aromatic nitrogens is 1. The summed E-state index contributed by atoms with van der Waals surface area (Å²) in [7, 11) is 0. The fourth-order valence-electron chi connectivity index (χ4n) is 2.88. The van der Waals surface area contributed by atoms with Gasteiger partial charge in [-0.1, -0.05) is 19.3 Å². The summed E-state index contributed by atoms with van der Waals surface area (Å²) in [4.78, 5) is 4.07. The van der Waals surface area contributed by atoms with Crippen LogP contribution in [0.2, 0.25) is 0 Å². The van der Waals surface area contributed by atoms with Gasteiger partial charge >= 0.3 is 0 Å². The summed E-state index contributed by atoms with van der Waals surface area (Å²) >= 11 is 0. The van der Waals surface area contributed by atoms with E-state index in [0.29, 0.717) is 22.7 Å². The highest BCUT2D eigenvalue weighted by atomic mass is 16.3. The summed E-state index contributed by atoms with van der Waals surface area (Å²) in [6.45, 7) is 1.63. The van der Waals surface area contributed by atoms with E-state index in [1.54, 1.807) is 13.1 Å². The van der Waals surface area contributed by atoms with Crippen LogP contribution in [-0.4, -0.2) is 15.2 Å².